The van der Waals surface area contributed by atoms with Gasteiger partial charge >= 0.3 is 0 Å². The van der Waals surface area contributed by atoms with E-state index in [1.807, 2.05) is 30.3 Å². The first-order valence-electron chi connectivity index (χ1n) is 8.99. The molecule has 138 valence electrons. The maximum atomic E-state index is 12.1. The molecule has 1 heterocycles. The van der Waals surface area contributed by atoms with Crippen molar-refractivity contribution in [3.05, 3.63) is 35.9 Å². The highest BCUT2D eigenvalue weighted by molar-refractivity contribution is 7.88. The van der Waals surface area contributed by atoms with Crippen LogP contribution in [0.3, 0.4) is 0 Å². The monoisotopic (exact) mass is 365 g/mol. The maximum absolute atomic E-state index is 12.1. The maximum Gasteiger partial charge on any atom is 0.209 e. The molecule has 0 spiro atoms. The van der Waals surface area contributed by atoms with Gasteiger partial charge in [0.1, 0.15) is 0 Å². The predicted octanol–water partition coefficient (Wildman–Crippen LogP) is 2.06. The molecular weight excluding hydrogens is 338 g/mol. The van der Waals surface area contributed by atoms with Gasteiger partial charge in [0.25, 0.3) is 0 Å². The lowest BCUT2D eigenvalue weighted by Gasteiger charge is -2.42. The fourth-order valence-electron chi connectivity index (χ4n) is 5.92. The molecule has 25 heavy (non-hydrogen) atoms. The van der Waals surface area contributed by atoms with Crippen molar-refractivity contribution < 1.29 is 18.3 Å². The molecule has 0 amide bonds. The fourth-order valence-corrected chi connectivity index (χ4v) is 7.06. The van der Waals surface area contributed by atoms with E-state index in [4.69, 9.17) is 4.74 Å². The zero-order chi connectivity index (χ0) is 18.1. The zero-order valence-electron chi connectivity index (χ0n) is 15.0. The van der Waals surface area contributed by atoms with Gasteiger partial charge in [0, 0.05) is 12.8 Å². The number of benzene rings is 1. The third kappa shape index (κ3) is 2.57. The summed E-state index contributed by atoms with van der Waals surface area (Å²) < 4.78 is 33.3. The van der Waals surface area contributed by atoms with Crippen LogP contribution in [0, 0.1) is 17.3 Å². The number of hydrogen-bond donors (Lipinski definition) is 2. The summed E-state index contributed by atoms with van der Waals surface area (Å²) in [6.45, 7) is 4.28. The van der Waals surface area contributed by atoms with Gasteiger partial charge in [0.05, 0.1) is 17.9 Å². The van der Waals surface area contributed by atoms with Gasteiger partial charge in [0.15, 0.2) is 5.79 Å². The van der Waals surface area contributed by atoms with E-state index in [1.54, 1.807) is 0 Å². The van der Waals surface area contributed by atoms with Gasteiger partial charge in [-0.3, -0.25) is 0 Å². The molecule has 0 radical (unpaired) electrons. The fraction of sp³-hybridized carbons (Fsp3) is 0.684. The van der Waals surface area contributed by atoms with Crippen molar-refractivity contribution in [3.63, 3.8) is 0 Å². The SMILES string of the molecule is CC1(C)C2CCC1(NS(C)(=O)=O)C1OC(O)(Cc3ccccc3)CC21. The van der Waals surface area contributed by atoms with Crippen molar-refractivity contribution in [2.45, 2.75) is 57.0 Å². The number of fused-ring (bicyclic) bond motifs is 5. The molecule has 2 aliphatic carbocycles. The van der Waals surface area contributed by atoms with Crippen LogP contribution in [0.5, 0.6) is 0 Å². The Bertz CT molecular complexity index is 778. The summed E-state index contributed by atoms with van der Waals surface area (Å²) in [6, 6.07) is 9.82. The number of nitrogens with one attached hydrogen (secondary N) is 1. The van der Waals surface area contributed by atoms with E-state index in [2.05, 4.69) is 18.6 Å². The average Bonchev–Trinajstić information content (AvgIpc) is 3.00. The molecule has 5 nitrogen and oxygen atoms in total. The highest BCUT2D eigenvalue weighted by Gasteiger charge is 2.73. The molecule has 1 aromatic rings. The zero-order valence-corrected chi connectivity index (χ0v) is 15.8. The summed E-state index contributed by atoms with van der Waals surface area (Å²) in [6.07, 6.45) is 3.67. The first kappa shape index (κ1) is 17.5. The number of rotatable bonds is 4. The Kier molecular flexibility index (Phi) is 3.69. The van der Waals surface area contributed by atoms with Gasteiger partial charge in [0.2, 0.25) is 10.0 Å². The largest absolute Gasteiger partial charge is 0.365 e. The second-order valence-electron chi connectivity index (χ2n) is 8.73. The van der Waals surface area contributed by atoms with Crippen LogP contribution in [0.15, 0.2) is 30.3 Å². The summed E-state index contributed by atoms with van der Waals surface area (Å²) in [5.74, 6) is -0.677. The van der Waals surface area contributed by atoms with Gasteiger partial charge in [-0.1, -0.05) is 44.2 Å². The Morgan fingerprint density at radius 2 is 1.96 bits per heavy atom. The van der Waals surface area contributed by atoms with E-state index < -0.39 is 21.3 Å². The van der Waals surface area contributed by atoms with Crippen LogP contribution in [0.2, 0.25) is 0 Å². The molecule has 1 saturated heterocycles. The molecule has 3 fully saturated rings. The molecule has 2 bridgehead atoms. The van der Waals surface area contributed by atoms with Gasteiger partial charge < -0.3 is 9.84 Å². The molecule has 1 aromatic carbocycles. The summed E-state index contributed by atoms with van der Waals surface area (Å²) in [5.41, 5.74) is 0.220. The first-order valence-corrected chi connectivity index (χ1v) is 10.9. The number of ether oxygens (including phenoxy) is 1. The minimum absolute atomic E-state index is 0.181. The molecule has 2 saturated carbocycles. The third-order valence-electron chi connectivity index (χ3n) is 6.91. The minimum atomic E-state index is -3.37. The van der Waals surface area contributed by atoms with Gasteiger partial charge in [-0.05, 0) is 35.7 Å². The van der Waals surface area contributed by atoms with Crippen LogP contribution in [-0.2, 0) is 21.2 Å². The van der Waals surface area contributed by atoms with E-state index >= 15 is 0 Å². The van der Waals surface area contributed by atoms with Crippen molar-refractivity contribution in [1.29, 1.82) is 0 Å². The van der Waals surface area contributed by atoms with E-state index in [0.717, 1.165) is 18.4 Å². The van der Waals surface area contributed by atoms with Crippen molar-refractivity contribution in [1.82, 2.24) is 4.72 Å². The lowest BCUT2D eigenvalue weighted by molar-refractivity contribution is -0.206. The Hall–Kier alpha value is -0.950. The molecule has 0 aromatic heterocycles. The van der Waals surface area contributed by atoms with Crippen molar-refractivity contribution in [2.24, 2.45) is 17.3 Å². The van der Waals surface area contributed by atoms with Crippen LogP contribution in [0.4, 0.5) is 0 Å². The molecule has 6 heteroatoms. The Morgan fingerprint density at radius 3 is 2.60 bits per heavy atom. The molecular formula is C19H27NO4S. The quantitative estimate of drug-likeness (QED) is 0.856. The number of hydrogen-bond acceptors (Lipinski definition) is 4. The normalized spacial score (nSPS) is 41.8. The second-order valence-corrected chi connectivity index (χ2v) is 10.5. The van der Waals surface area contributed by atoms with Crippen LogP contribution in [-0.4, -0.2) is 37.2 Å². The molecule has 1 aliphatic heterocycles. The van der Waals surface area contributed by atoms with Crippen molar-refractivity contribution >= 4 is 10.0 Å². The van der Waals surface area contributed by atoms with Crippen molar-refractivity contribution in [2.75, 3.05) is 6.26 Å². The Morgan fingerprint density at radius 1 is 1.28 bits per heavy atom. The van der Waals surface area contributed by atoms with E-state index in [-0.39, 0.29) is 17.4 Å². The summed E-state index contributed by atoms with van der Waals surface area (Å²) in [7, 11) is -3.37. The molecule has 3 aliphatic rings. The number of sulfonamides is 1. The third-order valence-corrected chi connectivity index (χ3v) is 7.64. The van der Waals surface area contributed by atoms with Gasteiger partial charge in [-0.25, -0.2) is 13.1 Å². The van der Waals surface area contributed by atoms with Crippen LogP contribution in [0.1, 0.15) is 38.7 Å². The highest BCUT2D eigenvalue weighted by Crippen LogP contribution is 2.67. The summed E-state index contributed by atoms with van der Waals surface area (Å²) in [4.78, 5) is 0. The average molecular weight is 365 g/mol. The van der Waals surface area contributed by atoms with Crippen LogP contribution < -0.4 is 4.72 Å². The Balaban J connectivity index is 1.65. The van der Waals surface area contributed by atoms with E-state index in [1.165, 1.54) is 6.26 Å². The topological polar surface area (TPSA) is 75.6 Å². The van der Waals surface area contributed by atoms with E-state index in [9.17, 15) is 13.5 Å². The summed E-state index contributed by atoms with van der Waals surface area (Å²) in [5, 5.41) is 11.1. The molecule has 5 atom stereocenters. The van der Waals surface area contributed by atoms with Gasteiger partial charge in [-0.2, -0.15) is 0 Å². The lowest BCUT2D eigenvalue weighted by atomic mass is 9.75. The standard InChI is InChI=1S/C19H27NO4S/c1-17(2)15-9-10-19(17,20-25(3,22)23)16-14(15)12-18(21,24-16)11-13-7-5-4-6-8-13/h4-8,14-16,20-21H,9-12H2,1-3H3. The molecule has 4 rings (SSSR count). The van der Waals surface area contributed by atoms with E-state index in [0.29, 0.717) is 18.8 Å². The second kappa shape index (κ2) is 5.28. The Labute approximate surface area is 149 Å². The van der Waals surface area contributed by atoms with Gasteiger partial charge in [-0.15, -0.1) is 0 Å². The smallest absolute Gasteiger partial charge is 0.209 e. The van der Waals surface area contributed by atoms with Crippen LogP contribution in [0.25, 0.3) is 0 Å². The van der Waals surface area contributed by atoms with Crippen molar-refractivity contribution in [3.8, 4) is 0 Å². The first-order chi connectivity index (χ1) is 11.6. The lowest BCUT2D eigenvalue weighted by Crippen LogP contribution is -2.60. The van der Waals surface area contributed by atoms with Crippen LogP contribution >= 0.6 is 0 Å². The highest BCUT2D eigenvalue weighted by atomic mass is 32.2. The summed E-state index contributed by atoms with van der Waals surface area (Å²) >= 11 is 0. The minimum Gasteiger partial charge on any atom is -0.365 e. The molecule has 5 unspecified atom stereocenters. The molecule has 2 N–H and O–H groups in total. The number of aliphatic hydroxyl groups is 1. The predicted molar refractivity (Wildman–Crippen MR) is 95.3 cm³/mol.